The highest BCUT2D eigenvalue weighted by molar-refractivity contribution is 7.18. The first-order chi connectivity index (χ1) is 6.81. The van der Waals surface area contributed by atoms with E-state index in [2.05, 4.69) is 11.1 Å². The van der Waals surface area contributed by atoms with E-state index in [0.29, 0.717) is 6.42 Å². The molecule has 0 fully saturated rings. The summed E-state index contributed by atoms with van der Waals surface area (Å²) in [5, 5.41) is 1.08. The van der Waals surface area contributed by atoms with Gasteiger partial charge in [0.15, 0.2) is 0 Å². The molecule has 0 unspecified atom stereocenters. The SMILES string of the molecule is Cc1nc2cccc(CCC=O)c2s1. The van der Waals surface area contributed by atoms with Crippen LogP contribution in [0.3, 0.4) is 0 Å². The van der Waals surface area contributed by atoms with E-state index in [4.69, 9.17) is 0 Å². The van der Waals surface area contributed by atoms with Gasteiger partial charge in [0.1, 0.15) is 6.29 Å². The van der Waals surface area contributed by atoms with Gasteiger partial charge in [-0.25, -0.2) is 4.98 Å². The molecule has 0 saturated carbocycles. The maximum Gasteiger partial charge on any atom is 0.120 e. The van der Waals surface area contributed by atoms with Crippen LogP contribution >= 0.6 is 11.3 Å². The van der Waals surface area contributed by atoms with E-state index in [1.165, 1.54) is 10.3 Å². The predicted octanol–water partition coefficient (Wildman–Crippen LogP) is 2.74. The predicted molar refractivity (Wildman–Crippen MR) is 58.7 cm³/mol. The highest BCUT2D eigenvalue weighted by atomic mass is 32.1. The van der Waals surface area contributed by atoms with Crippen LogP contribution in [0.2, 0.25) is 0 Å². The summed E-state index contributed by atoms with van der Waals surface area (Å²) in [6, 6.07) is 6.09. The lowest BCUT2D eigenvalue weighted by atomic mass is 10.1. The molecule has 0 amide bonds. The van der Waals surface area contributed by atoms with Crippen LogP contribution in [-0.4, -0.2) is 11.3 Å². The van der Waals surface area contributed by atoms with E-state index < -0.39 is 0 Å². The van der Waals surface area contributed by atoms with Crippen molar-refractivity contribution in [3.8, 4) is 0 Å². The Hall–Kier alpha value is -1.22. The van der Waals surface area contributed by atoms with Crippen molar-refractivity contribution < 1.29 is 4.79 Å². The first-order valence-electron chi connectivity index (χ1n) is 4.60. The Labute approximate surface area is 86.6 Å². The van der Waals surface area contributed by atoms with Gasteiger partial charge < -0.3 is 4.79 Å². The van der Waals surface area contributed by atoms with Gasteiger partial charge in [-0.2, -0.15) is 0 Å². The number of aromatic nitrogens is 1. The fraction of sp³-hybridized carbons (Fsp3) is 0.273. The van der Waals surface area contributed by atoms with Gasteiger partial charge in [0, 0.05) is 6.42 Å². The van der Waals surface area contributed by atoms with Crippen LogP contribution in [0.1, 0.15) is 17.0 Å². The number of hydrogen-bond acceptors (Lipinski definition) is 3. The fourth-order valence-corrected chi connectivity index (χ4v) is 2.49. The second-order valence-electron chi connectivity index (χ2n) is 3.20. The highest BCUT2D eigenvalue weighted by Gasteiger charge is 2.04. The molecule has 3 heteroatoms. The average Bonchev–Trinajstić information content (AvgIpc) is 2.55. The summed E-state index contributed by atoms with van der Waals surface area (Å²) in [4.78, 5) is 14.7. The maximum absolute atomic E-state index is 10.3. The van der Waals surface area contributed by atoms with E-state index in [1.54, 1.807) is 11.3 Å². The van der Waals surface area contributed by atoms with Crippen LogP contribution in [0.15, 0.2) is 18.2 Å². The van der Waals surface area contributed by atoms with Crippen molar-refractivity contribution in [2.24, 2.45) is 0 Å². The molecule has 14 heavy (non-hydrogen) atoms. The quantitative estimate of drug-likeness (QED) is 0.721. The Balaban J connectivity index is 2.47. The molecule has 1 aromatic carbocycles. The van der Waals surface area contributed by atoms with Crippen LogP contribution < -0.4 is 0 Å². The molecular weight excluding hydrogens is 194 g/mol. The third-order valence-electron chi connectivity index (χ3n) is 2.13. The van der Waals surface area contributed by atoms with Crippen LogP contribution in [0.4, 0.5) is 0 Å². The molecule has 0 radical (unpaired) electrons. The molecule has 0 atom stereocenters. The molecule has 72 valence electrons. The second kappa shape index (κ2) is 3.88. The number of carbonyl (C=O) groups is 1. The lowest BCUT2D eigenvalue weighted by Crippen LogP contribution is -1.85. The highest BCUT2D eigenvalue weighted by Crippen LogP contribution is 2.25. The van der Waals surface area contributed by atoms with Crippen molar-refractivity contribution in [1.29, 1.82) is 0 Å². The van der Waals surface area contributed by atoms with Crippen molar-refractivity contribution in [1.82, 2.24) is 4.98 Å². The molecule has 0 N–H and O–H groups in total. The van der Waals surface area contributed by atoms with E-state index in [9.17, 15) is 4.79 Å². The first kappa shape index (κ1) is 9.34. The van der Waals surface area contributed by atoms with Crippen LogP contribution in [-0.2, 0) is 11.2 Å². The molecule has 2 rings (SSSR count). The number of aryl methyl sites for hydroxylation is 2. The van der Waals surface area contributed by atoms with Crippen molar-refractivity contribution in [3.05, 3.63) is 28.8 Å². The minimum absolute atomic E-state index is 0.593. The number of carbonyl (C=O) groups excluding carboxylic acids is 1. The zero-order chi connectivity index (χ0) is 9.97. The van der Waals surface area contributed by atoms with Gasteiger partial charge in [0.2, 0.25) is 0 Å². The molecule has 2 aromatic rings. The van der Waals surface area contributed by atoms with Crippen molar-refractivity contribution in [3.63, 3.8) is 0 Å². The zero-order valence-corrected chi connectivity index (χ0v) is 8.80. The molecular formula is C11H11NOS. The van der Waals surface area contributed by atoms with Crippen molar-refractivity contribution in [2.45, 2.75) is 19.8 Å². The average molecular weight is 205 g/mol. The number of benzene rings is 1. The minimum Gasteiger partial charge on any atom is -0.303 e. The second-order valence-corrected chi connectivity index (χ2v) is 4.41. The normalized spacial score (nSPS) is 10.6. The summed E-state index contributed by atoms with van der Waals surface area (Å²) in [5.41, 5.74) is 2.29. The molecule has 0 aliphatic carbocycles. The van der Waals surface area contributed by atoms with E-state index >= 15 is 0 Å². The Bertz CT molecular complexity index is 461. The summed E-state index contributed by atoms with van der Waals surface area (Å²) in [5.74, 6) is 0. The Morgan fingerprint density at radius 3 is 3.14 bits per heavy atom. The van der Waals surface area contributed by atoms with Gasteiger partial charge in [-0.3, -0.25) is 0 Å². The number of nitrogens with zero attached hydrogens (tertiary/aromatic N) is 1. The summed E-state index contributed by atoms with van der Waals surface area (Å²) >= 11 is 1.70. The summed E-state index contributed by atoms with van der Waals surface area (Å²) in [6.45, 7) is 2.01. The van der Waals surface area contributed by atoms with Crippen LogP contribution in [0, 0.1) is 6.92 Å². The monoisotopic (exact) mass is 205 g/mol. The third kappa shape index (κ3) is 1.68. The largest absolute Gasteiger partial charge is 0.303 e. The van der Waals surface area contributed by atoms with Gasteiger partial charge in [-0.05, 0) is 25.0 Å². The van der Waals surface area contributed by atoms with Gasteiger partial charge in [-0.15, -0.1) is 11.3 Å². The molecule has 0 aliphatic heterocycles. The number of rotatable bonds is 3. The standard InChI is InChI=1S/C11H11NOS/c1-8-12-10-6-2-4-9(5-3-7-13)11(10)14-8/h2,4,6-7H,3,5H2,1H3. The molecule has 0 bridgehead atoms. The number of thiazole rings is 1. The molecule has 1 heterocycles. The van der Waals surface area contributed by atoms with Gasteiger partial charge in [0.25, 0.3) is 0 Å². The first-order valence-corrected chi connectivity index (χ1v) is 5.41. The molecule has 1 aromatic heterocycles. The van der Waals surface area contributed by atoms with Gasteiger partial charge in [-0.1, -0.05) is 12.1 Å². The lowest BCUT2D eigenvalue weighted by molar-refractivity contribution is -0.107. The zero-order valence-electron chi connectivity index (χ0n) is 7.99. The van der Waals surface area contributed by atoms with Gasteiger partial charge >= 0.3 is 0 Å². The Morgan fingerprint density at radius 1 is 1.50 bits per heavy atom. The van der Waals surface area contributed by atoms with E-state index in [0.717, 1.165) is 23.2 Å². The number of aldehydes is 1. The maximum atomic E-state index is 10.3. The summed E-state index contributed by atoms with van der Waals surface area (Å²) < 4.78 is 1.23. The molecule has 0 saturated heterocycles. The van der Waals surface area contributed by atoms with E-state index in [1.807, 2.05) is 19.1 Å². The lowest BCUT2D eigenvalue weighted by Gasteiger charge is -1.97. The number of fused-ring (bicyclic) bond motifs is 1. The topological polar surface area (TPSA) is 30.0 Å². The fourth-order valence-electron chi connectivity index (χ4n) is 1.53. The minimum atomic E-state index is 0.593. The van der Waals surface area contributed by atoms with Crippen molar-refractivity contribution in [2.75, 3.05) is 0 Å². The Morgan fingerprint density at radius 2 is 2.36 bits per heavy atom. The third-order valence-corrected chi connectivity index (χ3v) is 3.20. The molecule has 0 aliphatic rings. The molecule has 2 nitrogen and oxygen atoms in total. The number of hydrogen-bond donors (Lipinski definition) is 0. The smallest absolute Gasteiger partial charge is 0.120 e. The Kier molecular flexibility index (Phi) is 2.59. The van der Waals surface area contributed by atoms with Crippen LogP contribution in [0.5, 0.6) is 0 Å². The van der Waals surface area contributed by atoms with E-state index in [-0.39, 0.29) is 0 Å². The summed E-state index contributed by atoms with van der Waals surface area (Å²) in [7, 11) is 0. The van der Waals surface area contributed by atoms with Crippen molar-refractivity contribution >= 4 is 27.8 Å². The van der Waals surface area contributed by atoms with Crippen LogP contribution in [0.25, 0.3) is 10.2 Å². The summed E-state index contributed by atoms with van der Waals surface area (Å²) in [6.07, 6.45) is 2.38. The molecule has 0 spiro atoms. The van der Waals surface area contributed by atoms with Gasteiger partial charge in [0.05, 0.1) is 15.2 Å².